The van der Waals surface area contributed by atoms with Gasteiger partial charge < -0.3 is 26.4 Å². The van der Waals surface area contributed by atoms with Gasteiger partial charge in [0, 0.05) is 40.2 Å². The molecule has 0 saturated carbocycles. The van der Waals surface area contributed by atoms with Gasteiger partial charge in [-0.1, -0.05) is 18.3 Å². The van der Waals surface area contributed by atoms with Crippen LogP contribution in [0.3, 0.4) is 0 Å². The van der Waals surface area contributed by atoms with Crippen molar-refractivity contribution >= 4 is 61.2 Å². The van der Waals surface area contributed by atoms with Crippen LogP contribution in [0.1, 0.15) is 47.4 Å². The molecule has 0 aliphatic carbocycles. The molecule has 1 fully saturated rings. The number of pyridine rings is 1. The smallest absolute Gasteiger partial charge is 0.278 e. The van der Waals surface area contributed by atoms with Crippen LogP contribution in [-0.2, 0) is 16.1 Å². The lowest BCUT2D eigenvalue weighted by Crippen LogP contribution is -2.47. The third-order valence-corrected chi connectivity index (χ3v) is 9.40. The van der Waals surface area contributed by atoms with E-state index in [0.29, 0.717) is 42.8 Å². The third-order valence-electron chi connectivity index (χ3n) is 7.41. The van der Waals surface area contributed by atoms with Crippen LogP contribution in [0.4, 0.5) is 16.6 Å². The Kier molecular flexibility index (Phi) is 7.17. The lowest BCUT2D eigenvalue weighted by atomic mass is 9.95. The van der Waals surface area contributed by atoms with Crippen molar-refractivity contribution in [3.63, 3.8) is 0 Å². The zero-order chi connectivity index (χ0) is 28.8. The first-order valence-corrected chi connectivity index (χ1v) is 14.9. The van der Waals surface area contributed by atoms with Crippen molar-refractivity contribution in [3.05, 3.63) is 50.6 Å². The predicted octanol–water partition coefficient (Wildman–Crippen LogP) is 1.79. The van der Waals surface area contributed by atoms with Crippen molar-refractivity contribution in [2.75, 3.05) is 29.0 Å². The van der Waals surface area contributed by atoms with E-state index in [1.807, 2.05) is 24.8 Å². The summed E-state index contributed by atoms with van der Waals surface area (Å²) in [5.74, 6) is -0.449. The van der Waals surface area contributed by atoms with Gasteiger partial charge in [0.05, 0.1) is 24.8 Å². The average molecular weight is 596 g/mol. The second-order valence-electron chi connectivity index (χ2n) is 10.5. The Bertz CT molecular complexity index is 1700. The number of hydrogen-bond acceptors (Lipinski definition) is 12. The molecule has 15 heteroatoms. The van der Waals surface area contributed by atoms with E-state index in [0.717, 1.165) is 20.0 Å². The van der Waals surface area contributed by atoms with Crippen LogP contribution in [0.25, 0.3) is 10.1 Å². The number of nitrogens with zero attached hydrogens (tertiary/aromatic N) is 6. The molecular weight excluding hydrogens is 566 g/mol. The van der Waals surface area contributed by atoms with Crippen LogP contribution in [0, 0.1) is 12.8 Å². The number of hydrogen-bond donors (Lipinski definition) is 4. The number of fused-ring (bicyclic) bond motifs is 2. The standard InChI is InChI=1S/C26H29N9O4S2/c1-12-3-19(24(38)30-8-17-5-14-7-28-21(27)6-20(14)41-17)35-22(12)29-9-18(25(35)39)31-23(37)15-4-16(36)11-34(10-15)26-33-32-13(2)40-26/h5-7,9,12,15-16,19,36H,3-4,8,10-11H2,1-2H3,(H2,27,28)(H,30,38)(H,31,37)/t12-,15+,16-,19+/m1/s1. The molecule has 6 rings (SSSR count). The van der Waals surface area contributed by atoms with Crippen LogP contribution >= 0.6 is 22.7 Å². The fourth-order valence-electron chi connectivity index (χ4n) is 5.45. The number of aliphatic hydroxyl groups excluding tert-OH is 1. The van der Waals surface area contributed by atoms with Gasteiger partial charge in [-0.25, -0.2) is 9.97 Å². The number of aryl methyl sites for hydroxylation is 1. The molecule has 41 heavy (non-hydrogen) atoms. The maximum Gasteiger partial charge on any atom is 0.278 e. The molecule has 214 valence electrons. The maximum absolute atomic E-state index is 13.6. The van der Waals surface area contributed by atoms with Gasteiger partial charge in [0.15, 0.2) is 0 Å². The summed E-state index contributed by atoms with van der Waals surface area (Å²) in [6.07, 6.45) is 2.99. The maximum atomic E-state index is 13.6. The van der Waals surface area contributed by atoms with Gasteiger partial charge >= 0.3 is 0 Å². The number of rotatable bonds is 6. The Morgan fingerprint density at radius 1 is 1.12 bits per heavy atom. The Hall–Kier alpha value is -3.95. The fraction of sp³-hybridized carbons (Fsp3) is 0.423. The number of carbonyl (C=O) groups is 2. The van der Waals surface area contributed by atoms with Crippen LogP contribution in [0.15, 0.2) is 29.3 Å². The Morgan fingerprint density at radius 3 is 2.73 bits per heavy atom. The van der Waals surface area contributed by atoms with Gasteiger partial charge in [0.25, 0.3) is 5.56 Å². The van der Waals surface area contributed by atoms with E-state index in [1.54, 1.807) is 12.3 Å². The summed E-state index contributed by atoms with van der Waals surface area (Å²) in [4.78, 5) is 51.4. The van der Waals surface area contributed by atoms with Gasteiger partial charge in [0.1, 0.15) is 28.4 Å². The summed E-state index contributed by atoms with van der Waals surface area (Å²) in [5, 5.41) is 26.6. The van der Waals surface area contributed by atoms with Gasteiger partial charge in [-0.3, -0.25) is 19.0 Å². The molecule has 0 aromatic carbocycles. The molecule has 4 aromatic rings. The number of thiophene rings is 1. The number of amides is 2. The van der Waals surface area contributed by atoms with E-state index in [-0.39, 0.29) is 23.9 Å². The van der Waals surface area contributed by atoms with Crippen LogP contribution in [-0.4, -0.2) is 60.8 Å². The highest BCUT2D eigenvalue weighted by Gasteiger charge is 2.37. The molecule has 0 bridgehead atoms. The topological polar surface area (TPSA) is 181 Å². The number of anilines is 3. The predicted molar refractivity (Wildman–Crippen MR) is 156 cm³/mol. The molecule has 0 spiro atoms. The van der Waals surface area contributed by atoms with Gasteiger partial charge in [-0.15, -0.1) is 21.5 Å². The molecule has 13 nitrogen and oxygen atoms in total. The minimum absolute atomic E-state index is 0.00128. The quantitative estimate of drug-likeness (QED) is 0.256. The molecule has 4 atom stereocenters. The Labute approximate surface area is 242 Å². The largest absolute Gasteiger partial charge is 0.391 e. The van der Waals surface area contributed by atoms with E-state index in [9.17, 15) is 19.5 Å². The fourth-order valence-corrected chi connectivity index (χ4v) is 7.18. The second-order valence-corrected chi connectivity index (χ2v) is 12.8. The van der Waals surface area contributed by atoms with E-state index in [2.05, 4.69) is 30.8 Å². The molecule has 2 aliphatic rings. The lowest BCUT2D eigenvalue weighted by Gasteiger charge is -2.34. The van der Waals surface area contributed by atoms with Crippen molar-refractivity contribution < 1.29 is 14.7 Å². The van der Waals surface area contributed by atoms with E-state index in [4.69, 9.17) is 5.73 Å². The van der Waals surface area contributed by atoms with Crippen molar-refractivity contribution in [3.8, 4) is 0 Å². The van der Waals surface area contributed by atoms with E-state index in [1.165, 1.54) is 33.4 Å². The summed E-state index contributed by atoms with van der Waals surface area (Å²) >= 11 is 2.91. The Balaban J connectivity index is 1.17. The number of nitrogens with one attached hydrogen (secondary N) is 2. The van der Waals surface area contributed by atoms with Gasteiger partial charge in [-0.05, 0) is 31.9 Å². The van der Waals surface area contributed by atoms with E-state index < -0.39 is 29.5 Å². The van der Waals surface area contributed by atoms with Crippen molar-refractivity contribution in [1.82, 2.24) is 30.0 Å². The van der Waals surface area contributed by atoms with Gasteiger partial charge in [0.2, 0.25) is 16.9 Å². The molecule has 0 radical (unpaired) electrons. The number of aromatic nitrogens is 5. The molecular formula is C26H29N9O4S2. The number of nitrogens with two attached hydrogens (primary N) is 1. The molecule has 1 saturated heterocycles. The third kappa shape index (κ3) is 5.39. The SMILES string of the molecule is Cc1nnc(N2C[C@H](O)C[C@H](C(=O)Nc3cnc4n(c3=O)[C@H](C(=O)NCc3cc5cnc(N)cc5s3)C[C@H]4C)C2)s1. The summed E-state index contributed by atoms with van der Waals surface area (Å²) in [7, 11) is 0. The molecule has 6 heterocycles. The van der Waals surface area contributed by atoms with Crippen molar-refractivity contribution in [2.24, 2.45) is 5.92 Å². The summed E-state index contributed by atoms with van der Waals surface area (Å²) in [6.45, 7) is 4.74. The number of β-amino-alcohol motifs (C(OH)–C–C–N with tert-alkyl or cyclic N) is 1. The highest BCUT2D eigenvalue weighted by Crippen LogP contribution is 2.34. The molecule has 0 unspecified atom stereocenters. The van der Waals surface area contributed by atoms with E-state index >= 15 is 0 Å². The summed E-state index contributed by atoms with van der Waals surface area (Å²) in [6, 6.07) is 3.00. The number of carbonyl (C=O) groups excluding carboxylic acids is 2. The Morgan fingerprint density at radius 2 is 1.95 bits per heavy atom. The monoisotopic (exact) mass is 595 g/mol. The van der Waals surface area contributed by atoms with Crippen molar-refractivity contribution in [1.29, 1.82) is 0 Å². The lowest BCUT2D eigenvalue weighted by molar-refractivity contribution is -0.124. The van der Waals surface area contributed by atoms with Crippen LogP contribution in [0.2, 0.25) is 0 Å². The zero-order valence-electron chi connectivity index (χ0n) is 22.4. The molecule has 5 N–H and O–H groups in total. The zero-order valence-corrected chi connectivity index (χ0v) is 24.0. The number of aliphatic hydroxyl groups is 1. The first kappa shape index (κ1) is 27.2. The second kappa shape index (κ2) is 10.8. The normalized spacial score (nSPS) is 22.1. The number of nitrogen functional groups attached to an aromatic ring is 1. The molecule has 4 aromatic heterocycles. The molecule has 2 amide bonds. The molecule has 2 aliphatic heterocycles. The number of piperidine rings is 1. The minimum Gasteiger partial charge on any atom is -0.391 e. The first-order chi connectivity index (χ1) is 19.7. The summed E-state index contributed by atoms with van der Waals surface area (Å²) < 4.78 is 2.37. The minimum atomic E-state index is -0.754. The highest BCUT2D eigenvalue weighted by molar-refractivity contribution is 7.19. The average Bonchev–Trinajstić information content (AvgIpc) is 3.65. The van der Waals surface area contributed by atoms with Crippen LogP contribution in [0.5, 0.6) is 0 Å². The van der Waals surface area contributed by atoms with Gasteiger partial charge in [-0.2, -0.15) is 0 Å². The van der Waals surface area contributed by atoms with Crippen LogP contribution < -0.4 is 26.8 Å². The highest BCUT2D eigenvalue weighted by atomic mass is 32.1. The van der Waals surface area contributed by atoms with Crippen molar-refractivity contribution in [2.45, 2.75) is 51.3 Å². The first-order valence-electron chi connectivity index (χ1n) is 13.2. The summed E-state index contributed by atoms with van der Waals surface area (Å²) in [5.41, 5.74) is 5.29.